The lowest BCUT2D eigenvalue weighted by Gasteiger charge is -2.42. The van der Waals surface area contributed by atoms with Gasteiger partial charge in [-0.25, -0.2) is 0 Å². The maximum Gasteiger partial charge on any atom is 0.0314 e. The first-order valence-corrected chi connectivity index (χ1v) is 22.4. The number of unbranched alkanes of at least 4 members (excludes halogenated alkanes) is 11. The molecule has 0 aliphatic heterocycles. The molecular formula is C52H74N2. The quantitative estimate of drug-likeness (QED) is 0.0590. The van der Waals surface area contributed by atoms with Gasteiger partial charge in [-0.2, -0.15) is 0 Å². The van der Waals surface area contributed by atoms with Crippen LogP contribution < -0.4 is 11.5 Å². The Morgan fingerprint density at radius 3 is 1.17 bits per heavy atom. The second-order valence-corrected chi connectivity index (χ2v) is 17.0. The van der Waals surface area contributed by atoms with Gasteiger partial charge in [-0.15, -0.1) is 0 Å². The van der Waals surface area contributed by atoms with E-state index in [1.165, 1.54) is 168 Å². The predicted molar refractivity (Wildman–Crippen MR) is 237 cm³/mol. The number of hydrogen-bond donors (Lipinski definition) is 2. The summed E-state index contributed by atoms with van der Waals surface area (Å²) in [4.78, 5) is 0. The number of nitrogens with two attached hydrogens (primary N) is 2. The van der Waals surface area contributed by atoms with Gasteiger partial charge in [0.2, 0.25) is 0 Å². The fourth-order valence-electron chi connectivity index (χ4n) is 9.54. The van der Waals surface area contributed by atoms with Gasteiger partial charge < -0.3 is 11.5 Å². The Kier molecular flexibility index (Phi) is 17.1. The van der Waals surface area contributed by atoms with E-state index < -0.39 is 0 Å². The lowest BCUT2D eigenvalue weighted by atomic mass is 9.62. The normalized spacial score (nSPS) is 18.4. The van der Waals surface area contributed by atoms with Crippen molar-refractivity contribution in [3.8, 4) is 0 Å². The van der Waals surface area contributed by atoms with E-state index in [1.54, 1.807) is 0 Å². The monoisotopic (exact) mass is 727 g/mol. The van der Waals surface area contributed by atoms with Crippen LogP contribution in [0, 0.1) is 5.92 Å². The van der Waals surface area contributed by atoms with Gasteiger partial charge in [0.15, 0.2) is 0 Å². The molecular weight excluding hydrogens is 653 g/mol. The Morgan fingerprint density at radius 1 is 0.444 bits per heavy atom. The van der Waals surface area contributed by atoms with E-state index in [2.05, 4.69) is 118 Å². The van der Waals surface area contributed by atoms with Crippen LogP contribution in [0.5, 0.6) is 0 Å². The van der Waals surface area contributed by atoms with Gasteiger partial charge in [0.1, 0.15) is 0 Å². The first-order valence-electron chi connectivity index (χ1n) is 22.4. The molecule has 2 atom stereocenters. The molecule has 0 saturated heterocycles. The highest BCUT2D eigenvalue weighted by Crippen LogP contribution is 2.48. The lowest BCUT2D eigenvalue weighted by Crippen LogP contribution is -2.33. The molecule has 1 saturated carbocycles. The first-order chi connectivity index (χ1) is 26.5. The molecule has 1 fully saturated rings. The smallest absolute Gasteiger partial charge is 0.0314 e. The Bertz CT molecular complexity index is 1470. The molecule has 0 amide bonds. The Labute approximate surface area is 330 Å². The summed E-state index contributed by atoms with van der Waals surface area (Å²) in [6.07, 6.45) is 27.7. The van der Waals surface area contributed by atoms with Crippen molar-refractivity contribution in [1.82, 2.24) is 0 Å². The van der Waals surface area contributed by atoms with Crippen LogP contribution >= 0.6 is 0 Å². The third-order valence-electron chi connectivity index (χ3n) is 13.0. The molecule has 1 aliphatic carbocycles. The summed E-state index contributed by atoms with van der Waals surface area (Å²) in [5.41, 5.74) is 22.6. The zero-order valence-corrected chi connectivity index (χ0v) is 34.5. The minimum absolute atomic E-state index is 0.0602. The van der Waals surface area contributed by atoms with Gasteiger partial charge in [-0.05, 0) is 102 Å². The van der Waals surface area contributed by atoms with Gasteiger partial charge in [0.25, 0.3) is 0 Å². The van der Waals surface area contributed by atoms with E-state index in [4.69, 9.17) is 11.5 Å². The standard InChI is InChI=1S/C52H74N2/c1-4-7-10-11-12-13-14-17-18-41-37-39-52(40-38-41,46-29-21-42(22-30-46)50(19-15-8-5-2)44-25-33-48(53)34-26-44)47-31-23-43(24-32-47)51(20-16-9-6-3)45-27-35-49(54)36-28-45/h21-36,41,50-51H,4-20,37-40,53-54H2,1-3H3. The molecule has 1 aliphatic rings. The highest BCUT2D eigenvalue weighted by molar-refractivity contribution is 5.47. The number of benzene rings is 4. The minimum Gasteiger partial charge on any atom is -0.399 e. The summed E-state index contributed by atoms with van der Waals surface area (Å²) < 4.78 is 0. The van der Waals surface area contributed by atoms with Crippen molar-refractivity contribution in [2.45, 2.75) is 173 Å². The van der Waals surface area contributed by atoms with E-state index in [1.807, 2.05) is 0 Å². The van der Waals surface area contributed by atoms with Crippen LogP contribution in [0.1, 0.15) is 201 Å². The van der Waals surface area contributed by atoms with Gasteiger partial charge in [-0.3, -0.25) is 0 Å². The molecule has 4 aromatic rings. The summed E-state index contributed by atoms with van der Waals surface area (Å²) in [5.74, 6) is 1.67. The average molecular weight is 727 g/mol. The molecule has 4 aromatic carbocycles. The molecule has 0 radical (unpaired) electrons. The average Bonchev–Trinajstić information content (AvgIpc) is 3.21. The highest BCUT2D eigenvalue weighted by Gasteiger charge is 2.38. The van der Waals surface area contributed by atoms with Gasteiger partial charge in [0, 0.05) is 28.6 Å². The second kappa shape index (κ2) is 22.1. The topological polar surface area (TPSA) is 52.0 Å². The van der Waals surface area contributed by atoms with Crippen LogP contribution in [0.2, 0.25) is 0 Å². The summed E-state index contributed by atoms with van der Waals surface area (Å²) in [6, 6.07) is 37.2. The van der Waals surface area contributed by atoms with Crippen molar-refractivity contribution in [3.05, 3.63) is 130 Å². The van der Waals surface area contributed by atoms with Crippen molar-refractivity contribution in [3.63, 3.8) is 0 Å². The Balaban J connectivity index is 1.38. The fraction of sp³-hybridized carbons (Fsp3) is 0.538. The van der Waals surface area contributed by atoms with Crippen LogP contribution in [0.15, 0.2) is 97.1 Å². The molecule has 5 rings (SSSR count). The van der Waals surface area contributed by atoms with E-state index in [-0.39, 0.29) is 5.41 Å². The molecule has 0 aromatic heterocycles. The zero-order valence-electron chi connectivity index (χ0n) is 34.5. The molecule has 2 nitrogen and oxygen atoms in total. The van der Waals surface area contributed by atoms with Crippen molar-refractivity contribution >= 4 is 11.4 Å². The van der Waals surface area contributed by atoms with Crippen LogP contribution in [-0.4, -0.2) is 0 Å². The van der Waals surface area contributed by atoms with Crippen molar-refractivity contribution in [1.29, 1.82) is 0 Å². The SMILES string of the molecule is CCCCCCCCCCC1CCC(c2ccc(C(CCCCC)c3ccc(N)cc3)cc2)(c2ccc(C(CCCCC)c3ccc(N)cc3)cc2)CC1. The van der Waals surface area contributed by atoms with Crippen LogP contribution in [0.25, 0.3) is 0 Å². The molecule has 2 unspecified atom stereocenters. The van der Waals surface area contributed by atoms with E-state index in [9.17, 15) is 0 Å². The van der Waals surface area contributed by atoms with Crippen LogP contribution in [-0.2, 0) is 5.41 Å². The number of hydrogen-bond acceptors (Lipinski definition) is 2. The summed E-state index contributed by atoms with van der Waals surface area (Å²) in [6.45, 7) is 6.91. The summed E-state index contributed by atoms with van der Waals surface area (Å²) in [5, 5.41) is 0. The Morgan fingerprint density at radius 2 is 0.778 bits per heavy atom. The Hall–Kier alpha value is -3.52. The van der Waals surface area contributed by atoms with E-state index in [0.717, 1.165) is 17.3 Å². The first kappa shape index (κ1) is 41.6. The maximum atomic E-state index is 6.11. The summed E-state index contributed by atoms with van der Waals surface area (Å²) in [7, 11) is 0. The molecule has 0 spiro atoms. The van der Waals surface area contributed by atoms with Crippen molar-refractivity contribution in [2.24, 2.45) is 5.92 Å². The van der Waals surface area contributed by atoms with Gasteiger partial charge in [0.05, 0.1) is 0 Å². The maximum absolute atomic E-state index is 6.11. The predicted octanol–water partition coefficient (Wildman–Crippen LogP) is 15.3. The van der Waals surface area contributed by atoms with Crippen LogP contribution in [0.4, 0.5) is 11.4 Å². The van der Waals surface area contributed by atoms with Crippen LogP contribution in [0.3, 0.4) is 0 Å². The second-order valence-electron chi connectivity index (χ2n) is 17.0. The van der Waals surface area contributed by atoms with Crippen molar-refractivity contribution < 1.29 is 0 Å². The third-order valence-corrected chi connectivity index (χ3v) is 13.0. The number of nitrogen functional groups attached to an aromatic ring is 2. The molecule has 0 heterocycles. The molecule has 292 valence electrons. The fourth-order valence-corrected chi connectivity index (χ4v) is 9.54. The highest BCUT2D eigenvalue weighted by atomic mass is 14.5. The number of rotatable bonds is 23. The molecule has 2 heteroatoms. The van der Waals surface area contributed by atoms with Gasteiger partial charge >= 0.3 is 0 Å². The molecule has 0 bridgehead atoms. The lowest BCUT2D eigenvalue weighted by molar-refractivity contribution is 0.250. The van der Waals surface area contributed by atoms with Gasteiger partial charge in [-0.1, -0.05) is 190 Å². The largest absolute Gasteiger partial charge is 0.399 e. The zero-order chi connectivity index (χ0) is 38.0. The molecule has 54 heavy (non-hydrogen) atoms. The minimum atomic E-state index is 0.0602. The van der Waals surface area contributed by atoms with Crippen molar-refractivity contribution in [2.75, 3.05) is 11.5 Å². The third kappa shape index (κ3) is 11.7. The van der Waals surface area contributed by atoms with E-state index in [0.29, 0.717) is 11.8 Å². The molecule has 4 N–H and O–H groups in total. The van der Waals surface area contributed by atoms with E-state index >= 15 is 0 Å². The number of anilines is 2. The summed E-state index contributed by atoms with van der Waals surface area (Å²) >= 11 is 0.